The van der Waals surface area contributed by atoms with E-state index >= 15 is 0 Å². The van der Waals surface area contributed by atoms with Crippen LogP contribution >= 0.6 is 11.3 Å². The lowest BCUT2D eigenvalue weighted by molar-refractivity contribution is -0.135. The molecule has 4 aromatic rings. The van der Waals surface area contributed by atoms with Gasteiger partial charge in [-0.15, -0.1) is 11.3 Å². The average molecular weight is 422 g/mol. The molecular formula is C23H23N3O3S. The maximum Gasteiger partial charge on any atom is 0.419 e. The van der Waals surface area contributed by atoms with Crippen LogP contribution < -0.4 is 5.76 Å². The third kappa shape index (κ3) is 3.54. The zero-order valence-electron chi connectivity index (χ0n) is 16.6. The van der Waals surface area contributed by atoms with Gasteiger partial charge >= 0.3 is 5.76 Å². The van der Waals surface area contributed by atoms with Crippen molar-refractivity contribution in [1.82, 2.24) is 14.5 Å². The normalized spacial score (nSPS) is 17.1. The van der Waals surface area contributed by atoms with Crippen LogP contribution in [0.15, 0.2) is 57.7 Å². The quantitative estimate of drug-likeness (QED) is 0.467. The first-order valence-corrected chi connectivity index (χ1v) is 11.3. The van der Waals surface area contributed by atoms with Crippen molar-refractivity contribution in [1.29, 1.82) is 0 Å². The Morgan fingerprint density at radius 2 is 1.97 bits per heavy atom. The van der Waals surface area contributed by atoms with E-state index in [2.05, 4.69) is 6.07 Å². The number of hydrogen-bond donors (Lipinski definition) is 0. The van der Waals surface area contributed by atoms with E-state index in [-0.39, 0.29) is 17.7 Å². The molecule has 0 radical (unpaired) electrons. The first-order chi connectivity index (χ1) is 14.7. The minimum absolute atomic E-state index is 0.0566. The van der Waals surface area contributed by atoms with Crippen molar-refractivity contribution in [2.45, 2.75) is 44.7 Å². The number of hydrogen-bond acceptors (Lipinski definition) is 5. The smallest absolute Gasteiger partial charge is 0.408 e. The minimum atomic E-state index is -0.367. The monoisotopic (exact) mass is 421 g/mol. The highest BCUT2D eigenvalue weighted by Gasteiger charge is 2.30. The number of aromatic nitrogens is 2. The van der Waals surface area contributed by atoms with Crippen molar-refractivity contribution in [2.75, 3.05) is 6.54 Å². The molecule has 1 saturated heterocycles. The summed E-state index contributed by atoms with van der Waals surface area (Å²) < 4.78 is 8.06. The van der Waals surface area contributed by atoms with Crippen LogP contribution in [0.4, 0.5) is 0 Å². The Morgan fingerprint density at radius 3 is 2.87 bits per heavy atom. The van der Waals surface area contributed by atoms with Gasteiger partial charge in [0.05, 0.1) is 21.8 Å². The molecule has 1 atom stereocenters. The van der Waals surface area contributed by atoms with E-state index < -0.39 is 0 Å². The molecule has 1 fully saturated rings. The zero-order chi connectivity index (χ0) is 20.5. The molecule has 30 heavy (non-hydrogen) atoms. The summed E-state index contributed by atoms with van der Waals surface area (Å²) in [5.74, 6) is -0.228. The number of piperidine rings is 1. The minimum Gasteiger partial charge on any atom is -0.408 e. The SMILES string of the molecule is O=C(CCCn1c(=O)oc2ccccc21)N1CCCC[C@H]1c1nc2ccccc2s1. The van der Waals surface area contributed by atoms with E-state index in [9.17, 15) is 9.59 Å². The zero-order valence-corrected chi connectivity index (χ0v) is 17.4. The molecule has 0 unspecified atom stereocenters. The van der Waals surface area contributed by atoms with E-state index in [1.807, 2.05) is 41.3 Å². The van der Waals surface area contributed by atoms with Crippen molar-refractivity contribution in [3.8, 4) is 0 Å². The summed E-state index contributed by atoms with van der Waals surface area (Å²) in [7, 11) is 0. The predicted molar refractivity (Wildman–Crippen MR) is 118 cm³/mol. The molecular weight excluding hydrogens is 398 g/mol. The summed E-state index contributed by atoms with van der Waals surface area (Å²) in [4.78, 5) is 32.0. The molecule has 0 bridgehead atoms. The predicted octanol–water partition coefficient (Wildman–Crippen LogP) is 4.74. The summed E-state index contributed by atoms with van der Waals surface area (Å²) in [6, 6.07) is 15.6. The molecule has 7 heteroatoms. The standard InChI is InChI=1S/C23H23N3O3S/c27-21(13-7-15-26-17-9-2-3-11-19(17)29-23(26)28)25-14-6-5-10-18(25)22-24-16-8-1-4-12-20(16)30-22/h1-4,8-9,11-12,18H,5-7,10,13-15H2/t18-/m0/s1. The number of oxazole rings is 1. The first kappa shape index (κ1) is 19.1. The van der Waals surface area contributed by atoms with Crippen LogP contribution in [0.3, 0.4) is 0 Å². The van der Waals surface area contributed by atoms with E-state index in [0.29, 0.717) is 25.0 Å². The number of nitrogens with zero attached hydrogens (tertiary/aromatic N) is 3. The fraction of sp³-hybridized carbons (Fsp3) is 0.348. The van der Waals surface area contributed by atoms with E-state index in [0.717, 1.165) is 46.5 Å². The van der Waals surface area contributed by atoms with Gasteiger partial charge < -0.3 is 9.32 Å². The molecule has 0 N–H and O–H groups in total. The maximum atomic E-state index is 13.1. The summed E-state index contributed by atoms with van der Waals surface area (Å²) in [6.07, 6.45) is 4.11. The van der Waals surface area contributed by atoms with E-state index in [1.54, 1.807) is 22.0 Å². The fourth-order valence-corrected chi connectivity index (χ4v) is 5.39. The number of amides is 1. The summed E-state index contributed by atoms with van der Waals surface area (Å²) >= 11 is 1.69. The highest BCUT2D eigenvalue weighted by atomic mass is 32.1. The highest BCUT2D eigenvalue weighted by molar-refractivity contribution is 7.18. The Labute approximate surface area is 177 Å². The van der Waals surface area contributed by atoms with Crippen molar-refractivity contribution < 1.29 is 9.21 Å². The van der Waals surface area contributed by atoms with Gasteiger partial charge in [0.15, 0.2) is 5.58 Å². The van der Waals surface area contributed by atoms with Gasteiger partial charge in [0.2, 0.25) is 5.91 Å². The van der Waals surface area contributed by atoms with Crippen LogP contribution in [-0.2, 0) is 11.3 Å². The average Bonchev–Trinajstić information content (AvgIpc) is 3.34. The summed E-state index contributed by atoms with van der Waals surface area (Å²) in [6.45, 7) is 1.25. The number of carbonyl (C=O) groups is 1. The largest absolute Gasteiger partial charge is 0.419 e. The van der Waals surface area contributed by atoms with Gasteiger partial charge in [-0.25, -0.2) is 9.78 Å². The molecule has 3 heterocycles. The van der Waals surface area contributed by atoms with Gasteiger partial charge in [0, 0.05) is 19.5 Å². The van der Waals surface area contributed by atoms with Crippen LogP contribution in [0.25, 0.3) is 21.3 Å². The van der Waals surface area contributed by atoms with E-state index in [1.165, 1.54) is 0 Å². The van der Waals surface area contributed by atoms with E-state index in [4.69, 9.17) is 9.40 Å². The van der Waals surface area contributed by atoms with Gasteiger partial charge in [-0.3, -0.25) is 9.36 Å². The molecule has 6 nitrogen and oxygen atoms in total. The van der Waals surface area contributed by atoms with Crippen LogP contribution in [0.1, 0.15) is 43.2 Å². The third-order valence-corrected chi connectivity index (χ3v) is 6.90. The second kappa shape index (κ2) is 8.07. The number of benzene rings is 2. The number of carbonyl (C=O) groups excluding carboxylic acids is 1. The molecule has 154 valence electrons. The number of rotatable bonds is 5. The molecule has 0 saturated carbocycles. The molecule has 1 amide bonds. The fourth-order valence-electron chi connectivity index (χ4n) is 4.28. The number of para-hydroxylation sites is 3. The van der Waals surface area contributed by atoms with Gasteiger partial charge in [-0.1, -0.05) is 24.3 Å². The van der Waals surface area contributed by atoms with Crippen molar-refractivity contribution in [3.63, 3.8) is 0 Å². The van der Waals surface area contributed by atoms with Gasteiger partial charge in [0.1, 0.15) is 5.01 Å². The molecule has 1 aliphatic heterocycles. The summed E-state index contributed by atoms with van der Waals surface area (Å²) in [5, 5.41) is 1.03. The lowest BCUT2D eigenvalue weighted by Gasteiger charge is -2.34. The lowest BCUT2D eigenvalue weighted by Crippen LogP contribution is -2.38. The second-order valence-electron chi connectivity index (χ2n) is 7.71. The number of thiazole rings is 1. The Bertz CT molecular complexity index is 1220. The van der Waals surface area contributed by atoms with Gasteiger partial charge in [-0.2, -0.15) is 0 Å². The van der Waals surface area contributed by atoms with Crippen molar-refractivity contribution in [2.24, 2.45) is 0 Å². The molecule has 0 spiro atoms. The van der Waals surface area contributed by atoms with Crippen LogP contribution in [-0.4, -0.2) is 26.9 Å². The van der Waals surface area contributed by atoms with Crippen molar-refractivity contribution in [3.05, 3.63) is 64.1 Å². The van der Waals surface area contributed by atoms with Crippen LogP contribution in [0, 0.1) is 0 Å². The number of fused-ring (bicyclic) bond motifs is 2. The Kier molecular flexibility index (Phi) is 5.12. The third-order valence-electron chi connectivity index (χ3n) is 5.76. The van der Waals surface area contributed by atoms with Gasteiger partial charge in [0.25, 0.3) is 0 Å². The van der Waals surface area contributed by atoms with Crippen LogP contribution in [0.2, 0.25) is 0 Å². The second-order valence-corrected chi connectivity index (χ2v) is 8.77. The first-order valence-electron chi connectivity index (χ1n) is 10.4. The Balaban J connectivity index is 1.29. The molecule has 2 aromatic heterocycles. The molecule has 0 aliphatic carbocycles. The molecule has 2 aromatic carbocycles. The Hall–Kier alpha value is -2.93. The highest BCUT2D eigenvalue weighted by Crippen LogP contribution is 2.36. The number of aryl methyl sites for hydroxylation is 1. The lowest BCUT2D eigenvalue weighted by atomic mass is 10.0. The maximum absolute atomic E-state index is 13.1. The van der Waals surface area contributed by atoms with Gasteiger partial charge in [-0.05, 0) is 49.9 Å². The summed E-state index contributed by atoms with van der Waals surface area (Å²) in [5.41, 5.74) is 2.36. The molecule has 5 rings (SSSR count). The number of likely N-dealkylation sites (tertiary alicyclic amines) is 1. The topological polar surface area (TPSA) is 68.3 Å². The van der Waals surface area contributed by atoms with Crippen molar-refractivity contribution >= 4 is 38.6 Å². The Morgan fingerprint density at radius 1 is 1.13 bits per heavy atom. The molecule has 1 aliphatic rings. The van der Waals surface area contributed by atoms with Crippen LogP contribution in [0.5, 0.6) is 0 Å².